The summed E-state index contributed by atoms with van der Waals surface area (Å²) in [4.78, 5) is 4.36. The van der Waals surface area contributed by atoms with Crippen LogP contribution in [0.1, 0.15) is 5.56 Å². The van der Waals surface area contributed by atoms with Crippen molar-refractivity contribution in [1.82, 2.24) is 0 Å². The van der Waals surface area contributed by atoms with Crippen molar-refractivity contribution in [2.45, 2.75) is 6.92 Å². The minimum absolute atomic E-state index is 0.773. The highest BCUT2D eigenvalue weighted by Gasteiger charge is 2.16. The molecule has 5 heteroatoms. The summed E-state index contributed by atoms with van der Waals surface area (Å²) in [6.07, 6.45) is 13.0. The zero-order chi connectivity index (χ0) is 21.8. The highest BCUT2D eigenvalue weighted by molar-refractivity contribution is 5.67. The molecule has 4 rings (SSSR count). The van der Waals surface area contributed by atoms with Gasteiger partial charge in [-0.3, -0.25) is 0 Å². The van der Waals surface area contributed by atoms with Crippen LogP contribution in [0.3, 0.4) is 0 Å². The van der Waals surface area contributed by atoms with Gasteiger partial charge in [0.15, 0.2) is 0 Å². The average Bonchev–Trinajstić information content (AvgIpc) is 2.83. The number of hydrogen-bond donors (Lipinski definition) is 0. The van der Waals surface area contributed by atoms with Gasteiger partial charge in [-0.2, -0.15) is 0 Å². The van der Waals surface area contributed by atoms with Gasteiger partial charge in [-0.25, -0.2) is 0 Å². The Morgan fingerprint density at radius 2 is 1.23 bits per heavy atom. The van der Waals surface area contributed by atoms with E-state index in [1.807, 2.05) is 18.2 Å². The number of anilines is 2. The van der Waals surface area contributed by atoms with E-state index in [0.29, 0.717) is 0 Å². The summed E-state index contributed by atoms with van der Waals surface area (Å²) < 4.78 is 16.4. The number of nitrogens with zero attached hydrogens (tertiary/aromatic N) is 2. The number of hydrogen-bond acceptors (Lipinski definition) is 5. The molecule has 5 nitrogen and oxygen atoms in total. The van der Waals surface area contributed by atoms with Crippen molar-refractivity contribution in [2.24, 2.45) is 0 Å². The highest BCUT2D eigenvalue weighted by atomic mass is 16.5. The summed E-state index contributed by atoms with van der Waals surface area (Å²) in [6.45, 7) is 3.64. The number of rotatable bonds is 6. The molecule has 0 atom stereocenters. The Morgan fingerprint density at radius 1 is 0.677 bits per heavy atom. The second-order valence-corrected chi connectivity index (χ2v) is 7.47. The molecule has 0 aromatic heterocycles. The molecule has 0 spiro atoms. The molecule has 0 bridgehead atoms. The second kappa shape index (κ2) is 9.04. The van der Waals surface area contributed by atoms with E-state index in [1.165, 1.54) is 16.7 Å². The lowest BCUT2D eigenvalue weighted by Crippen LogP contribution is -2.22. The van der Waals surface area contributed by atoms with Crippen molar-refractivity contribution in [3.8, 4) is 17.2 Å². The highest BCUT2D eigenvalue weighted by Crippen LogP contribution is 2.35. The van der Waals surface area contributed by atoms with Gasteiger partial charge in [-0.15, -0.1) is 0 Å². The normalized spacial score (nSPS) is 15.5. The zero-order valence-corrected chi connectivity index (χ0v) is 18.5. The van der Waals surface area contributed by atoms with Crippen LogP contribution >= 0.6 is 0 Å². The van der Waals surface area contributed by atoms with Crippen LogP contribution in [-0.2, 0) is 0 Å². The molecule has 2 aliphatic heterocycles. The van der Waals surface area contributed by atoms with Crippen LogP contribution in [0.15, 0.2) is 84.2 Å². The molecule has 0 aliphatic carbocycles. The molecule has 160 valence electrons. The fourth-order valence-electron chi connectivity index (χ4n) is 3.82. The van der Waals surface area contributed by atoms with Crippen molar-refractivity contribution in [2.75, 3.05) is 44.2 Å². The van der Waals surface area contributed by atoms with Gasteiger partial charge in [0.2, 0.25) is 0 Å². The van der Waals surface area contributed by atoms with Crippen molar-refractivity contribution in [3.63, 3.8) is 0 Å². The van der Waals surface area contributed by atoms with E-state index < -0.39 is 0 Å². The molecule has 0 unspecified atom stereocenters. The largest absolute Gasteiger partial charge is 0.497 e. The Kier molecular flexibility index (Phi) is 6.03. The van der Waals surface area contributed by atoms with E-state index in [2.05, 4.69) is 71.6 Å². The van der Waals surface area contributed by atoms with Gasteiger partial charge in [0.1, 0.15) is 17.2 Å². The predicted octanol–water partition coefficient (Wildman–Crippen LogP) is 5.24. The molecular formula is C26H28N2O3. The van der Waals surface area contributed by atoms with Gasteiger partial charge in [-0.1, -0.05) is 18.2 Å². The lowest BCUT2D eigenvalue weighted by molar-refractivity contribution is 0.395. The molecule has 0 N–H and O–H groups in total. The van der Waals surface area contributed by atoms with Gasteiger partial charge in [0.25, 0.3) is 0 Å². The summed E-state index contributed by atoms with van der Waals surface area (Å²) in [7, 11) is 5.06. The first kappa shape index (κ1) is 20.7. The Hall–Kier alpha value is -3.60. The van der Waals surface area contributed by atoms with E-state index in [4.69, 9.17) is 14.2 Å². The molecular weight excluding hydrogens is 388 g/mol. The van der Waals surface area contributed by atoms with Crippen molar-refractivity contribution < 1.29 is 14.2 Å². The molecule has 0 radical (unpaired) electrons. The maximum atomic E-state index is 5.57. The molecule has 2 aromatic carbocycles. The lowest BCUT2D eigenvalue weighted by atomic mass is 10.0. The Morgan fingerprint density at radius 3 is 1.71 bits per heavy atom. The summed E-state index contributed by atoms with van der Waals surface area (Å²) in [5.74, 6) is 2.47. The number of allylic oxidation sites excluding steroid dienone is 4. The van der Waals surface area contributed by atoms with E-state index in [-0.39, 0.29) is 0 Å². The Labute approximate surface area is 184 Å². The Bertz CT molecular complexity index is 1080. The van der Waals surface area contributed by atoms with Gasteiger partial charge in [0, 0.05) is 31.6 Å². The van der Waals surface area contributed by atoms with Gasteiger partial charge >= 0.3 is 0 Å². The number of aryl methyl sites for hydroxylation is 1. The molecule has 2 heterocycles. The van der Waals surface area contributed by atoms with E-state index in [1.54, 1.807) is 21.3 Å². The predicted molar refractivity (Wildman–Crippen MR) is 126 cm³/mol. The van der Waals surface area contributed by atoms with Crippen LogP contribution in [0, 0.1) is 6.92 Å². The summed E-state index contributed by atoms with van der Waals surface area (Å²) in [6, 6.07) is 12.2. The van der Waals surface area contributed by atoms with Gasteiger partial charge in [-0.05, 0) is 60.1 Å². The van der Waals surface area contributed by atoms with Crippen molar-refractivity contribution in [3.05, 3.63) is 89.8 Å². The molecule has 0 fully saturated rings. The second-order valence-electron chi connectivity index (χ2n) is 7.47. The maximum absolute atomic E-state index is 5.57. The number of methoxy groups -OCH3 is 3. The van der Waals surface area contributed by atoms with E-state index in [0.717, 1.165) is 41.7 Å². The average molecular weight is 417 g/mol. The molecule has 0 saturated heterocycles. The van der Waals surface area contributed by atoms with E-state index in [9.17, 15) is 0 Å². The first-order valence-electron chi connectivity index (χ1n) is 10.3. The van der Waals surface area contributed by atoms with Crippen LogP contribution in [0.25, 0.3) is 0 Å². The summed E-state index contributed by atoms with van der Waals surface area (Å²) in [5, 5.41) is 0. The van der Waals surface area contributed by atoms with Crippen LogP contribution in [0.2, 0.25) is 0 Å². The van der Waals surface area contributed by atoms with Crippen LogP contribution in [0.4, 0.5) is 11.4 Å². The minimum Gasteiger partial charge on any atom is -0.497 e. The summed E-state index contributed by atoms with van der Waals surface area (Å²) >= 11 is 0. The smallest absolute Gasteiger partial charge is 0.146 e. The molecule has 31 heavy (non-hydrogen) atoms. The topological polar surface area (TPSA) is 34.2 Å². The summed E-state index contributed by atoms with van der Waals surface area (Å²) in [5.41, 5.74) is 5.72. The first-order chi connectivity index (χ1) is 15.1. The first-order valence-corrected chi connectivity index (χ1v) is 10.3. The minimum atomic E-state index is 0.773. The fraction of sp³-hybridized carbons (Fsp3) is 0.231. The van der Waals surface area contributed by atoms with E-state index >= 15 is 0 Å². The SMILES string of the molecule is COc1ccc(N2C=CC(C3=CCN(c4ccc(C)cc4OC)C=C3)=CC2)c(OC)c1. The number of benzene rings is 2. The molecule has 0 saturated carbocycles. The molecule has 2 aliphatic rings. The van der Waals surface area contributed by atoms with Crippen LogP contribution in [0.5, 0.6) is 17.2 Å². The maximum Gasteiger partial charge on any atom is 0.146 e. The van der Waals surface area contributed by atoms with Gasteiger partial charge in [0.05, 0.1) is 32.7 Å². The fourth-order valence-corrected chi connectivity index (χ4v) is 3.82. The molecule has 2 aromatic rings. The van der Waals surface area contributed by atoms with Crippen LogP contribution in [-0.4, -0.2) is 34.4 Å². The van der Waals surface area contributed by atoms with Crippen molar-refractivity contribution in [1.29, 1.82) is 0 Å². The third-order valence-electron chi connectivity index (χ3n) is 5.56. The van der Waals surface area contributed by atoms with Crippen LogP contribution < -0.4 is 24.0 Å². The third kappa shape index (κ3) is 4.31. The monoisotopic (exact) mass is 416 g/mol. The standard InChI is InChI=1S/C26H28N2O3/c1-19-5-7-23(25(17-19)30-3)27-13-9-20(10-14-27)21-11-15-28(16-12-21)24-8-6-22(29-2)18-26(24)31-4/h5-13,15,17-18H,14,16H2,1-4H3. The lowest BCUT2D eigenvalue weighted by Gasteiger charge is -2.27. The third-order valence-corrected chi connectivity index (χ3v) is 5.56. The molecule has 0 amide bonds. The zero-order valence-electron chi connectivity index (χ0n) is 18.5. The van der Waals surface area contributed by atoms with Crippen molar-refractivity contribution >= 4 is 11.4 Å². The quantitative estimate of drug-likeness (QED) is 0.643. The van der Waals surface area contributed by atoms with Gasteiger partial charge < -0.3 is 24.0 Å². The Balaban J connectivity index is 1.46. The number of ether oxygens (including phenoxy) is 3.